The molecule has 1 aliphatic heterocycles. The third-order valence-electron chi connectivity index (χ3n) is 4.37. The molecule has 3 rings (SSSR count). The minimum Gasteiger partial charge on any atom is -0.444 e. The Balaban J connectivity index is 1.93. The highest BCUT2D eigenvalue weighted by Gasteiger charge is 2.33. The van der Waals surface area contributed by atoms with Gasteiger partial charge in [0.15, 0.2) is 0 Å². The van der Waals surface area contributed by atoms with Gasteiger partial charge in [-0.15, -0.1) is 0 Å². The molecule has 0 N–H and O–H groups in total. The van der Waals surface area contributed by atoms with E-state index in [0.29, 0.717) is 25.6 Å². The van der Waals surface area contributed by atoms with Gasteiger partial charge in [0.05, 0.1) is 13.1 Å². The molecule has 6 heteroatoms. The molecule has 1 aromatic heterocycles. The average molecular weight is 339 g/mol. The summed E-state index contributed by atoms with van der Waals surface area (Å²) in [4.78, 5) is 26.5. The molecule has 2 heterocycles. The standard InChI is InChI=1S/C17H23ClN2O3/c1-10-12-8-19(16(22)23-17(2,3)4)9-13(12)20(7-11-5-6-11)15(21)14(10)18/h11H,5-9H2,1-4H3. The fourth-order valence-electron chi connectivity index (χ4n) is 2.94. The monoisotopic (exact) mass is 338 g/mol. The molecule has 126 valence electrons. The fourth-order valence-corrected chi connectivity index (χ4v) is 3.15. The molecule has 1 amide bonds. The quantitative estimate of drug-likeness (QED) is 0.829. The van der Waals surface area contributed by atoms with E-state index >= 15 is 0 Å². The summed E-state index contributed by atoms with van der Waals surface area (Å²) in [6.45, 7) is 8.94. The molecule has 0 radical (unpaired) electrons. The number of amides is 1. The van der Waals surface area contributed by atoms with Crippen molar-refractivity contribution in [2.24, 2.45) is 5.92 Å². The minimum atomic E-state index is -0.535. The van der Waals surface area contributed by atoms with Crippen molar-refractivity contribution in [1.29, 1.82) is 0 Å². The number of aromatic nitrogens is 1. The molecule has 0 aromatic carbocycles. The predicted molar refractivity (Wildman–Crippen MR) is 88.7 cm³/mol. The van der Waals surface area contributed by atoms with E-state index in [1.807, 2.05) is 27.7 Å². The van der Waals surface area contributed by atoms with Crippen LogP contribution < -0.4 is 5.56 Å². The summed E-state index contributed by atoms with van der Waals surface area (Å²) in [6, 6.07) is 0. The number of halogens is 1. The van der Waals surface area contributed by atoms with Gasteiger partial charge in [0.2, 0.25) is 0 Å². The van der Waals surface area contributed by atoms with Crippen LogP contribution in [0.1, 0.15) is 50.4 Å². The van der Waals surface area contributed by atoms with Crippen LogP contribution in [0, 0.1) is 12.8 Å². The lowest BCUT2D eigenvalue weighted by Gasteiger charge is -2.24. The molecule has 1 fully saturated rings. The molecule has 0 bridgehead atoms. The van der Waals surface area contributed by atoms with Crippen molar-refractivity contribution >= 4 is 17.7 Å². The van der Waals surface area contributed by atoms with Gasteiger partial charge in [-0.05, 0) is 57.6 Å². The first-order chi connectivity index (χ1) is 10.7. The van der Waals surface area contributed by atoms with Gasteiger partial charge in [-0.1, -0.05) is 11.6 Å². The molecule has 1 aromatic rings. The lowest BCUT2D eigenvalue weighted by atomic mass is 10.1. The van der Waals surface area contributed by atoms with Crippen LogP contribution in [0.3, 0.4) is 0 Å². The first-order valence-electron chi connectivity index (χ1n) is 8.06. The van der Waals surface area contributed by atoms with Crippen LogP contribution in [0.15, 0.2) is 4.79 Å². The van der Waals surface area contributed by atoms with Gasteiger partial charge in [0, 0.05) is 12.2 Å². The summed E-state index contributed by atoms with van der Waals surface area (Å²) in [7, 11) is 0. The number of nitrogens with zero attached hydrogens (tertiary/aromatic N) is 2. The van der Waals surface area contributed by atoms with Crippen LogP contribution in [0.5, 0.6) is 0 Å². The van der Waals surface area contributed by atoms with Crippen LogP contribution in [-0.2, 0) is 24.4 Å². The second kappa shape index (κ2) is 5.55. The Morgan fingerprint density at radius 3 is 2.52 bits per heavy atom. The van der Waals surface area contributed by atoms with E-state index in [1.54, 1.807) is 9.47 Å². The van der Waals surface area contributed by atoms with E-state index in [1.165, 1.54) is 0 Å². The number of rotatable bonds is 2. The second-order valence-electron chi connectivity index (χ2n) is 7.56. The molecule has 0 spiro atoms. The molecule has 2 aliphatic rings. The van der Waals surface area contributed by atoms with Crippen LogP contribution in [0.25, 0.3) is 0 Å². The molecular weight excluding hydrogens is 316 g/mol. The minimum absolute atomic E-state index is 0.138. The maximum Gasteiger partial charge on any atom is 0.410 e. The fraction of sp³-hybridized carbons (Fsp3) is 0.647. The van der Waals surface area contributed by atoms with E-state index in [-0.39, 0.29) is 16.7 Å². The van der Waals surface area contributed by atoms with Crippen molar-refractivity contribution in [3.8, 4) is 0 Å². The predicted octanol–water partition coefficient (Wildman–Crippen LogP) is 3.47. The zero-order chi connectivity index (χ0) is 16.9. The molecular formula is C17H23ClN2O3. The number of fused-ring (bicyclic) bond motifs is 1. The van der Waals surface area contributed by atoms with E-state index in [4.69, 9.17) is 16.3 Å². The van der Waals surface area contributed by atoms with Crippen molar-refractivity contribution in [2.45, 2.75) is 65.8 Å². The third-order valence-corrected chi connectivity index (χ3v) is 4.81. The largest absolute Gasteiger partial charge is 0.444 e. The van der Waals surface area contributed by atoms with E-state index in [9.17, 15) is 9.59 Å². The molecule has 0 saturated heterocycles. The highest BCUT2D eigenvalue weighted by molar-refractivity contribution is 6.31. The topological polar surface area (TPSA) is 51.5 Å². The van der Waals surface area contributed by atoms with Crippen LogP contribution in [0.2, 0.25) is 5.02 Å². The van der Waals surface area contributed by atoms with Gasteiger partial charge in [0.1, 0.15) is 10.6 Å². The summed E-state index contributed by atoms with van der Waals surface area (Å²) in [5, 5.41) is 0.274. The molecule has 23 heavy (non-hydrogen) atoms. The van der Waals surface area contributed by atoms with Gasteiger partial charge in [-0.25, -0.2) is 4.79 Å². The van der Waals surface area contributed by atoms with E-state index < -0.39 is 5.60 Å². The Bertz CT molecular complexity index is 714. The summed E-state index contributed by atoms with van der Waals surface area (Å²) in [5.41, 5.74) is 2.01. The van der Waals surface area contributed by atoms with E-state index in [0.717, 1.165) is 29.7 Å². The van der Waals surface area contributed by atoms with Gasteiger partial charge >= 0.3 is 6.09 Å². The normalized spacial score (nSPS) is 17.3. The Labute approximate surface area is 141 Å². The Morgan fingerprint density at radius 2 is 1.96 bits per heavy atom. The smallest absolute Gasteiger partial charge is 0.410 e. The van der Waals surface area contributed by atoms with Gasteiger partial charge in [0.25, 0.3) is 5.56 Å². The first kappa shape index (κ1) is 16.4. The van der Waals surface area contributed by atoms with Crippen molar-refractivity contribution < 1.29 is 9.53 Å². The summed E-state index contributed by atoms with van der Waals surface area (Å²) >= 11 is 6.24. The first-order valence-corrected chi connectivity index (χ1v) is 8.43. The van der Waals surface area contributed by atoms with Crippen molar-refractivity contribution in [3.05, 3.63) is 32.2 Å². The van der Waals surface area contributed by atoms with Crippen LogP contribution in [0.4, 0.5) is 4.79 Å². The molecule has 5 nitrogen and oxygen atoms in total. The molecule has 1 saturated carbocycles. The Morgan fingerprint density at radius 1 is 1.30 bits per heavy atom. The summed E-state index contributed by atoms with van der Waals surface area (Å²) in [6.07, 6.45) is 1.96. The highest BCUT2D eigenvalue weighted by Crippen LogP contribution is 2.34. The van der Waals surface area contributed by atoms with Crippen molar-refractivity contribution in [2.75, 3.05) is 0 Å². The Kier molecular flexibility index (Phi) is 3.95. The van der Waals surface area contributed by atoms with Gasteiger partial charge in [-0.2, -0.15) is 0 Å². The highest BCUT2D eigenvalue weighted by atomic mass is 35.5. The lowest BCUT2D eigenvalue weighted by molar-refractivity contribution is 0.0239. The Hall–Kier alpha value is -1.49. The zero-order valence-corrected chi connectivity index (χ0v) is 14.9. The maximum atomic E-state index is 12.5. The summed E-state index contributed by atoms with van der Waals surface area (Å²) < 4.78 is 7.22. The number of carbonyl (C=O) groups excluding carboxylic acids is 1. The number of pyridine rings is 1. The maximum absolute atomic E-state index is 12.5. The summed E-state index contributed by atoms with van der Waals surface area (Å²) in [5.74, 6) is 0.561. The molecule has 1 aliphatic carbocycles. The number of ether oxygens (including phenoxy) is 1. The lowest BCUT2D eigenvalue weighted by Crippen LogP contribution is -2.33. The molecule has 0 unspecified atom stereocenters. The third kappa shape index (κ3) is 3.25. The number of carbonyl (C=O) groups is 1. The number of hydrogen-bond donors (Lipinski definition) is 0. The van der Waals surface area contributed by atoms with E-state index in [2.05, 4.69) is 0 Å². The van der Waals surface area contributed by atoms with Crippen molar-refractivity contribution in [1.82, 2.24) is 9.47 Å². The second-order valence-corrected chi connectivity index (χ2v) is 7.94. The van der Waals surface area contributed by atoms with Crippen molar-refractivity contribution in [3.63, 3.8) is 0 Å². The van der Waals surface area contributed by atoms with Gasteiger partial charge < -0.3 is 9.30 Å². The van der Waals surface area contributed by atoms with Gasteiger partial charge in [-0.3, -0.25) is 9.69 Å². The van der Waals surface area contributed by atoms with Crippen LogP contribution >= 0.6 is 11.6 Å². The zero-order valence-electron chi connectivity index (χ0n) is 14.1. The average Bonchev–Trinajstić information content (AvgIpc) is 3.15. The number of hydrogen-bond acceptors (Lipinski definition) is 3. The SMILES string of the molecule is Cc1c2c(n(CC3CC3)c(=O)c1Cl)CN(C(=O)OC(C)(C)C)C2. The molecule has 0 atom stereocenters. The van der Waals surface area contributed by atoms with Crippen LogP contribution in [-0.4, -0.2) is 21.2 Å².